The van der Waals surface area contributed by atoms with E-state index in [1.807, 2.05) is 0 Å². The van der Waals surface area contributed by atoms with Crippen molar-refractivity contribution in [1.82, 2.24) is 10.2 Å². The van der Waals surface area contributed by atoms with Gasteiger partial charge in [-0.15, -0.1) is 0 Å². The van der Waals surface area contributed by atoms with Crippen LogP contribution in [0.15, 0.2) is 40.9 Å². The summed E-state index contributed by atoms with van der Waals surface area (Å²) in [5, 5.41) is 4.52. The zero-order valence-electron chi connectivity index (χ0n) is 13.9. The maximum Gasteiger partial charge on any atom is 0.319 e. The molecule has 0 aliphatic carbocycles. The van der Waals surface area contributed by atoms with Crippen molar-refractivity contribution in [2.45, 2.75) is 6.42 Å². The topological polar surface area (TPSA) is 78.5 Å². The van der Waals surface area contributed by atoms with Crippen LogP contribution in [0.3, 0.4) is 0 Å². The lowest BCUT2D eigenvalue weighted by Gasteiger charge is -2.14. The third-order valence-electron chi connectivity index (χ3n) is 3.98. The first-order chi connectivity index (χ1) is 12.9. The van der Waals surface area contributed by atoms with Gasteiger partial charge in [0.25, 0.3) is 11.8 Å². The number of para-hydroxylation sites is 1. The molecule has 3 rings (SSSR count). The Kier molecular flexibility index (Phi) is 5.50. The van der Waals surface area contributed by atoms with Gasteiger partial charge in [0, 0.05) is 17.6 Å². The zero-order chi connectivity index (χ0) is 19.6. The standard InChI is InChI=1S/C18H14BrF2N3O3/c19-10-5-6-11-12(9-10)17(26)24(16(11)25)8-2-7-22-18(27)23-15-13(20)3-1-4-14(15)21/h1,3-6,9H,2,7-8H2,(H2,22,23,27). The third-order valence-corrected chi connectivity index (χ3v) is 4.47. The number of rotatable bonds is 5. The van der Waals surface area contributed by atoms with Crippen LogP contribution < -0.4 is 10.6 Å². The van der Waals surface area contributed by atoms with Crippen LogP contribution in [0.2, 0.25) is 0 Å². The Morgan fingerprint density at radius 2 is 1.70 bits per heavy atom. The molecule has 2 aromatic carbocycles. The number of urea groups is 1. The number of carbonyl (C=O) groups is 3. The molecule has 1 aliphatic rings. The van der Waals surface area contributed by atoms with Crippen LogP contribution in [0.25, 0.3) is 0 Å². The van der Waals surface area contributed by atoms with E-state index in [9.17, 15) is 23.2 Å². The number of benzene rings is 2. The van der Waals surface area contributed by atoms with Crippen LogP contribution in [0.4, 0.5) is 19.3 Å². The molecule has 0 spiro atoms. The smallest absolute Gasteiger partial charge is 0.319 e. The number of anilines is 1. The number of nitrogens with zero attached hydrogens (tertiary/aromatic N) is 1. The first kappa shape index (κ1) is 19.0. The molecule has 1 aliphatic heterocycles. The van der Waals surface area contributed by atoms with Crippen LogP contribution >= 0.6 is 15.9 Å². The normalized spacial score (nSPS) is 12.9. The molecule has 1 heterocycles. The van der Waals surface area contributed by atoms with E-state index in [-0.39, 0.29) is 19.0 Å². The van der Waals surface area contributed by atoms with Crippen LogP contribution in [0.1, 0.15) is 27.1 Å². The molecule has 0 bridgehead atoms. The highest BCUT2D eigenvalue weighted by atomic mass is 79.9. The van der Waals surface area contributed by atoms with E-state index in [1.54, 1.807) is 18.2 Å². The average molecular weight is 438 g/mol. The minimum atomic E-state index is -0.887. The van der Waals surface area contributed by atoms with Crippen molar-refractivity contribution in [3.63, 3.8) is 0 Å². The Morgan fingerprint density at radius 3 is 2.41 bits per heavy atom. The van der Waals surface area contributed by atoms with Gasteiger partial charge < -0.3 is 10.6 Å². The predicted octanol–water partition coefficient (Wildman–Crippen LogP) is 3.54. The molecule has 140 valence electrons. The first-order valence-corrected chi connectivity index (χ1v) is 8.82. The summed E-state index contributed by atoms with van der Waals surface area (Å²) in [5.41, 5.74) is 0.125. The monoisotopic (exact) mass is 437 g/mol. The molecule has 2 aromatic rings. The molecular weight excluding hydrogens is 424 g/mol. The van der Waals surface area contributed by atoms with E-state index >= 15 is 0 Å². The molecule has 0 atom stereocenters. The summed E-state index contributed by atoms with van der Waals surface area (Å²) in [6.45, 7) is 0.220. The van der Waals surface area contributed by atoms with Crippen molar-refractivity contribution < 1.29 is 23.2 Å². The molecule has 0 saturated heterocycles. The molecule has 9 heteroatoms. The van der Waals surface area contributed by atoms with Crippen molar-refractivity contribution in [2.24, 2.45) is 0 Å². The van der Waals surface area contributed by atoms with Gasteiger partial charge in [-0.1, -0.05) is 22.0 Å². The van der Waals surface area contributed by atoms with E-state index < -0.39 is 29.3 Å². The van der Waals surface area contributed by atoms with Crippen molar-refractivity contribution in [3.05, 3.63) is 63.6 Å². The Labute approximate surface area is 161 Å². The van der Waals surface area contributed by atoms with Crippen molar-refractivity contribution in [3.8, 4) is 0 Å². The number of fused-ring (bicyclic) bond motifs is 1. The summed E-state index contributed by atoms with van der Waals surface area (Å²) in [4.78, 5) is 37.4. The van der Waals surface area contributed by atoms with E-state index in [1.165, 1.54) is 6.07 Å². The highest BCUT2D eigenvalue weighted by Gasteiger charge is 2.34. The number of amides is 4. The largest absolute Gasteiger partial charge is 0.338 e. The molecule has 0 fully saturated rings. The van der Waals surface area contributed by atoms with Gasteiger partial charge in [-0.05, 0) is 36.8 Å². The lowest BCUT2D eigenvalue weighted by Crippen LogP contribution is -2.35. The van der Waals surface area contributed by atoms with Crippen LogP contribution in [-0.4, -0.2) is 35.8 Å². The molecule has 27 heavy (non-hydrogen) atoms. The fraction of sp³-hybridized carbons (Fsp3) is 0.167. The van der Waals surface area contributed by atoms with E-state index in [0.29, 0.717) is 22.0 Å². The number of nitrogens with one attached hydrogen (secondary N) is 2. The van der Waals surface area contributed by atoms with E-state index in [2.05, 4.69) is 26.6 Å². The SMILES string of the molecule is O=C(NCCCN1C(=O)c2ccc(Br)cc2C1=O)Nc1c(F)cccc1F. The highest BCUT2D eigenvalue weighted by molar-refractivity contribution is 9.10. The summed E-state index contributed by atoms with van der Waals surface area (Å²) in [7, 11) is 0. The number of imide groups is 1. The summed E-state index contributed by atoms with van der Waals surface area (Å²) < 4.78 is 27.7. The molecule has 4 amide bonds. The average Bonchev–Trinajstić information content (AvgIpc) is 2.86. The Morgan fingerprint density at radius 1 is 1.04 bits per heavy atom. The van der Waals surface area contributed by atoms with Gasteiger partial charge in [-0.25, -0.2) is 13.6 Å². The Hall–Kier alpha value is -2.81. The van der Waals surface area contributed by atoms with E-state index in [4.69, 9.17) is 0 Å². The van der Waals surface area contributed by atoms with Gasteiger partial charge in [0.15, 0.2) is 0 Å². The molecule has 0 saturated carbocycles. The summed E-state index contributed by atoms with van der Waals surface area (Å²) in [6.07, 6.45) is 0.291. The lowest BCUT2D eigenvalue weighted by atomic mass is 10.1. The number of hydrogen-bond donors (Lipinski definition) is 2. The second-order valence-electron chi connectivity index (χ2n) is 5.78. The number of carbonyl (C=O) groups excluding carboxylic acids is 3. The molecule has 0 unspecified atom stereocenters. The van der Waals surface area contributed by atoms with Gasteiger partial charge >= 0.3 is 6.03 Å². The molecule has 2 N–H and O–H groups in total. The van der Waals surface area contributed by atoms with Crippen molar-refractivity contribution in [2.75, 3.05) is 18.4 Å². The van der Waals surface area contributed by atoms with Crippen LogP contribution in [0.5, 0.6) is 0 Å². The van der Waals surface area contributed by atoms with Gasteiger partial charge in [0.05, 0.1) is 11.1 Å². The van der Waals surface area contributed by atoms with Gasteiger partial charge in [0.2, 0.25) is 0 Å². The second kappa shape index (κ2) is 7.83. The van der Waals surface area contributed by atoms with E-state index in [0.717, 1.165) is 17.0 Å². The first-order valence-electron chi connectivity index (χ1n) is 8.03. The van der Waals surface area contributed by atoms with Gasteiger partial charge in [-0.3, -0.25) is 14.5 Å². The predicted molar refractivity (Wildman–Crippen MR) is 97.5 cm³/mol. The fourth-order valence-corrected chi connectivity index (χ4v) is 3.04. The number of halogens is 3. The molecular formula is C18H14BrF2N3O3. The van der Waals surface area contributed by atoms with Crippen molar-refractivity contribution >= 4 is 39.5 Å². The minimum absolute atomic E-state index is 0.109. The Bertz CT molecular complexity index is 916. The fourth-order valence-electron chi connectivity index (χ4n) is 2.68. The third kappa shape index (κ3) is 3.97. The van der Waals surface area contributed by atoms with Crippen LogP contribution in [0, 0.1) is 11.6 Å². The lowest BCUT2D eigenvalue weighted by molar-refractivity contribution is 0.0653. The zero-order valence-corrected chi connectivity index (χ0v) is 15.5. The quantitative estimate of drug-likeness (QED) is 0.554. The highest BCUT2D eigenvalue weighted by Crippen LogP contribution is 2.26. The van der Waals surface area contributed by atoms with Crippen molar-refractivity contribution in [1.29, 1.82) is 0 Å². The summed E-state index contributed by atoms with van der Waals surface area (Å²) in [6, 6.07) is 7.30. The second-order valence-corrected chi connectivity index (χ2v) is 6.70. The molecule has 6 nitrogen and oxygen atoms in total. The number of hydrogen-bond acceptors (Lipinski definition) is 3. The summed E-state index contributed by atoms with van der Waals surface area (Å²) in [5.74, 6) is -2.56. The maximum atomic E-state index is 13.5. The summed E-state index contributed by atoms with van der Waals surface area (Å²) >= 11 is 3.26. The molecule has 0 aromatic heterocycles. The minimum Gasteiger partial charge on any atom is -0.338 e. The molecule has 0 radical (unpaired) electrons. The van der Waals surface area contributed by atoms with Gasteiger partial charge in [0.1, 0.15) is 17.3 Å². The van der Waals surface area contributed by atoms with Crippen LogP contribution in [-0.2, 0) is 0 Å². The Balaban J connectivity index is 1.50. The van der Waals surface area contributed by atoms with Gasteiger partial charge in [-0.2, -0.15) is 0 Å². The maximum absolute atomic E-state index is 13.5.